The molecule has 10 heteroatoms. The number of carbonyl (C=O) groups is 1. The molecule has 0 spiro atoms. The molecule has 132 valence electrons. The molecule has 0 bridgehead atoms. The number of amides is 1. The van der Waals surface area contributed by atoms with E-state index >= 15 is 0 Å². The second kappa shape index (κ2) is 8.63. The second-order valence-electron chi connectivity index (χ2n) is 4.77. The summed E-state index contributed by atoms with van der Waals surface area (Å²) in [5.74, 6) is 0. The van der Waals surface area contributed by atoms with Gasteiger partial charge in [0.2, 0.25) is 5.15 Å². The first-order valence-electron chi connectivity index (χ1n) is 7.02. The summed E-state index contributed by atoms with van der Waals surface area (Å²) in [5.41, 5.74) is 0.170. The van der Waals surface area contributed by atoms with Gasteiger partial charge >= 0.3 is 11.8 Å². The molecule has 0 N–H and O–H groups in total. The summed E-state index contributed by atoms with van der Waals surface area (Å²) in [4.78, 5) is 27.9. The molecule has 2 aromatic rings. The minimum atomic E-state index is -0.748. The highest BCUT2D eigenvalue weighted by Gasteiger charge is 2.30. The summed E-state index contributed by atoms with van der Waals surface area (Å²) in [6.07, 6.45) is -0.748. The van der Waals surface area contributed by atoms with Gasteiger partial charge in [-0.05, 0) is 47.2 Å². The number of rotatable bonds is 5. The molecule has 0 atom stereocenters. The van der Waals surface area contributed by atoms with Crippen LogP contribution < -0.4 is 4.90 Å². The van der Waals surface area contributed by atoms with Crippen molar-refractivity contribution in [2.75, 3.05) is 11.5 Å². The molecule has 1 aromatic heterocycles. The lowest BCUT2D eigenvalue weighted by Crippen LogP contribution is -2.31. The number of carbonyl (C=O) groups excluding carboxylic acids is 1. The number of nitrogens with zero attached hydrogens (tertiary/aromatic N) is 3. The van der Waals surface area contributed by atoms with Crippen LogP contribution >= 0.6 is 45.8 Å². The summed E-state index contributed by atoms with van der Waals surface area (Å²) in [6, 6.07) is 8.56. The maximum Gasteiger partial charge on any atom is 0.414 e. The molecule has 0 aliphatic rings. The largest absolute Gasteiger partial charge is 0.449 e. The van der Waals surface area contributed by atoms with E-state index in [0.717, 1.165) is 14.0 Å². The Hall–Kier alpha value is -1.65. The number of ether oxygens (including phenoxy) is 1. The van der Waals surface area contributed by atoms with E-state index in [1.54, 1.807) is 6.92 Å². The van der Waals surface area contributed by atoms with E-state index in [-0.39, 0.29) is 24.0 Å². The Morgan fingerprint density at radius 1 is 1.36 bits per heavy atom. The van der Waals surface area contributed by atoms with Crippen LogP contribution in [0.3, 0.4) is 0 Å². The number of benzene rings is 1. The lowest BCUT2D eigenvalue weighted by molar-refractivity contribution is -0.384. The third-order valence-corrected chi connectivity index (χ3v) is 4.29. The topological polar surface area (TPSA) is 85.6 Å². The first-order chi connectivity index (χ1) is 11.8. The Balaban J connectivity index is 2.54. The molecule has 0 radical (unpaired) electrons. The fraction of sp³-hybridized carbons (Fsp3) is 0.200. The molecule has 1 aromatic carbocycles. The number of pyridine rings is 1. The Labute approximate surface area is 167 Å². The highest BCUT2D eigenvalue weighted by molar-refractivity contribution is 14.1. The summed E-state index contributed by atoms with van der Waals surface area (Å²) < 4.78 is 6.04. The molecule has 0 fully saturated rings. The smallest absolute Gasteiger partial charge is 0.414 e. The second-order valence-corrected chi connectivity index (χ2v) is 6.76. The van der Waals surface area contributed by atoms with Gasteiger partial charge in [0.05, 0.1) is 18.1 Å². The van der Waals surface area contributed by atoms with Crippen molar-refractivity contribution in [2.45, 2.75) is 13.5 Å². The van der Waals surface area contributed by atoms with Gasteiger partial charge in [-0.2, -0.15) is 0 Å². The molecular formula is C15H12Cl2IN3O4. The molecule has 0 aliphatic heterocycles. The SMILES string of the molecule is CCOC(=O)N(Cc1ccc(I)cc1)c1cc(Cl)nc(Cl)c1[N+](=O)[O-]. The van der Waals surface area contributed by atoms with Crippen molar-refractivity contribution in [2.24, 2.45) is 0 Å². The zero-order valence-corrected chi connectivity index (χ0v) is 16.6. The van der Waals surface area contributed by atoms with Crippen molar-refractivity contribution in [1.82, 2.24) is 4.98 Å². The minimum absolute atomic E-state index is 0.0489. The van der Waals surface area contributed by atoms with Crippen LogP contribution in [-0.4, -0.2) is 22.6 Å². The minimum Gasteiger partial charge on any atom is -0.449 e. The van der Waals surface area contributed by atoms with E-state index in [0.29, 0.717) is 0 Å². The summed E-state index contributed by atoms with van der Waals surface area (Å²) >= 11 is 13.9. The molecule has 2 rings (SSSR count). The lowest BCUT2D eigenvalue weighted by Gasteiger charge is -2.22. The number of nitro groups is 1. The van der Waals surface area contributed by atoms with Crippen LogP contribution in [0.15, 0.2) is 30.3 Å². The molecule has 1 heterocycles. The summed E-state index contributed by atoms with van der Waals surface area (Å²) in [6.45, 7) is 1.80. The predicted octanol–water partition coefficient (Wildman–Crippen LogP) is 5.06. The molecule has 1 amide bonds. The summed E-state index contributed by atoms with van der Waals surface area (Å²) in [5, 5.41) is 10.9. The van der Waals surface area contributed by atoms with Crippen LogP contribution in [0.1, 0.15) is 12.5 Å². The predicted molar refractivity (Wildman–Crippen MR) is 103 cm³/mol. The third kappa shape index (κ3) is 4.93. The van der Waals surface area contributed by atoms with Crippen molar-refractivity contribution < 1.29 is 14.5 Å². The van der Waals surface area contributed by atoms with E-state index < -0.39 is 21.9 Å². The standard InChI is InChI=1S/C15H12Cl2IN3O4/c1-2-25-15(22)20(8-9-3-5-10(18)6-4-9)11-7-12(16)19-14(17)13(11)21(23)24/h3-7H,2,8H2,1H3. The van der Waals surface area contributed by atoms with Crippen molar-refractivity contribution in [3.63, 3.8) is 0 Å². The van der Waals surface area contributed by atoms with E-state index in [4.69, 9.17) is 27.9 Å². The third-order valence-electron chi connectivity index (χ3n) is 3.11. The van der Waals surface area contributed by atoms with Crippen LogP contribution in [0.25, 0.3) is 0 Å². The van der Waals surface area contributed by atoms with E-state index in [2.05, 4.69) is 27.6 Å². The summed E-state index contributed by atoms with van der Waals surface area (Å²) in [7, 11) is 0. The van der Waals surface area contributed by atoms with Gasteiger partial charge in [0, 0.05) is 9.64 Å². The Morgan fingerprint density at radius 2 is 2.00 bits per heavy atom. The lowest BCUT2D eigenvalue weighted by atomic mass is 10.2. The van der Waals surface area contributed by atoms with Crippen LogP contribution in [-0.2, 0) is 11.3 Å². The van der Waals surface area contributed by atoms with Gasteiger partial charge in [-0.15, -0.1) is 0 Å². The van der Waals surface area contributed by atoms with Crippen LogP contribution in [0, 0.1) is 13.7 Å². The van der Waals surface area contributed by atoms with Gasteiger partial charge in [0.25, 0.3) is 0 Å². The fourth-order valence-corrected chi connectivity index (χ4v) is 2.91. The number of anilines is 1. The normalized spacial score (nSPS) is 10.4. The molecule has 7 nitrogen and oxygen atoms in total. The van der Waals surface area contributed by atoms with Gasteiger partial charge in [0.1, 0.15) is 10.8 Å². The average Bonchev–Trinajstić information content (AvgIpc) is 2.53. The van der Waals surface area contributed by atoms with Crippen molar-refractivity contribution >= 4 is 63.3 Å². The van der Waals surface area contributed by atoms with Crippen molar-refractivity contribution in [3.8, 4) is 0 Å². The molecular weight excluding hydrogens is 484 g/mol. The highest BCUT2D eigenvalue weighted by atomic mass is 127. The Morgan fingerprint density at radius 3 is 2.56 bits per heavy atom. The van der Waals surface area contributed by atoms with Crippen LogP contribution in [0.4, 0.5) is 16.2 Å². The quantitative estimate of drug-likeness (QED) is 0.250. The molecule has 0 unspecified atom stereocenters. The number of aromatic nitrogens is 1. The van der Waals surface area contributed by atoms with Gasteiger partial charge in [-0.1, -0.05) is 35.3 Å². The number of hydrogen-bond donors (Lipinski definition) is 0. The Bertz CT molecular complexity index is 802. The molecule has 0 saturated heterocycles. The van der Waals surface area contributed by atoms with Gasteiger partial charge in [-0.25, -0.2) is 9.78 Å². The maximum atomic E-state index is 12.4. The van der Waals surface area contributed by atoms with Crippen LogP contribution in [0.5, 0.6) is 0 Å². The number of hydrogen-bond acceptors (Lipinski definition) is 5. The average molecular weight is 496 g/mol. The van der Waals surface area contributed by atoms with E-state index in [1.807, 2.05) is 24.3 Å². The first kappa shape index (κ1) is 19.7. The van der Waals surface area contributed by atoms with E-state index in [9.17, 15) is 14.9 Å². The Kier molecular flexibility index (Phi) is 6.79. The highest BCUT2D eigenvalue weighted by Crippen LogP contribution is 2.37. The van der Waals surface area contributed by atoms with Crippen LogP contribution in [0.2, 0.25) is 10.3 Å². The van der Waals surface area contributed by atoms with Gasteiger partial charge in [-0.3, -0.25) is 15.0 Å². The van der Waals surface area contributed by atoms with Crippen molar-refractivity contribution in [1.29, 1.82) is 0 Å². The number of halogens is 3. The zero-order valence-electron chi connectivity index (χ0n) is 12.9. The monoisotopic (exact) mass is 495 g/mol. The zero-order chi connectivity index (χ0) is 18.6. The molecule has 0 saturated carbocycles. The van der Waals surface area contributed by atoms with Gasteiger partial charge in [0.15, 0.2) is 0 Å². The maximum absolute atomic E-state index is 12.4. The molecule has 25 heavy (non-hydrogen) atoms. The first-order valence-corrected chi connectivity index (χ1v) is 8.86. The molecule has 0 aliphatic carbocycles. The van der Waals surface area contributed by atoms with Gasteiger partial charge < -0.3 is 4.74 Å². The van der Waals surface area contributed by atoms with E-state index in [1.165, 1.54) is 6.07 Å². The fourth-order valence-electron chi connectivity index (χ4n) is 2.06. The van der Waals surface area contributed by atoms with Crippen molar-refractivity contribution in [3.05, 3.63) is 59.9 Å².